The van der Waals surface area contributed by atoms with E-state index in [0.717, 1.165) is 134 Å². The van der Waals surface area contributed by atoms with Gasteiger partial charge in [0.1, 0.15) is 35.1 Å². The van der Waals surface area contributed by atoms with Crippen molar-refractivity contribution in [3.63, 3.8) is 0 Å². The largest absolute Gasteiger partial charge is 0.457 e. The lowest BCUT2D eigenvalue weighted by molar-refractivity contribution is 0.483. The van der Waals surface area contributed by atoms with E-state index in [1.165, 1.54) is 0 Å². The molecule has 0 aliphatic carbocycles. The van der Waals surface area contributed by atoms with E-state index in [9.17, 15) is 0 Å². The van der Waals surface area contributed by atoms with Crippen molar-refractivity contribution in [3.8, 4) is 84.1 Å². The van der Waals surface area contributed by atoms with Crippen molar-refractivity contribution in [3.05, 3.63) is 297 Å². The van der Waals surface area contributed by atoms with Gasteiger partial charge < -0.3 is 19.0 Å². The number of rotatable bonds is 11. The normalized spacial score (nSPS) is 12.2. The number of para-hydroxylation sites is 3. The highest BCUT2D eigenvalue weighted by Crippen LogP contribution is 2.52. The number of aromatic nitrogens is 3. The molecule has 1 aliphatic heterocycles. The van der Waals surface area contributed by atoms with Crippen LogP contribution in [0.4, 0.5) is 22.9 Å². The van der Waals surface area contributed by atoms with E-state index < -0.39 is 0 Å². The molecular weight excluding hydrogens is 1030 g/mol. The van der Waals surface area contributed by atoms with Crippen molar-refractivity contribution in [2.75, 3.05) is 16.5 Å². The molecule has 0 spiro atoms. The summed E-state index contributed by atoms with van der Waals surface area (Å²) in [5.74, 6) is 3.07. The topological polar surface area (TPSA) is 59.6 Å². The second-order valence-electron chi connectivity index (χ2n) is 21.4. The van der Waals surface area contributed by atoms with Gasteiger partial charge in [-0.15, -0.1) is 0 Å². The van der Waals surface area contributed by atoms with Gasteiger partial charge in [0.2, 0.25) is 0 Å². The van der Waals surface area contributed by atoms with Crippen molar-refractivity contribution in [1.29, 1.82) is 0 Å². The van der Waals surface area contributed by atoms with Gasteiger partial charge in [0.15, 0.2) is 11.4 Å². The molecule has 4 aromatic heterocycles. The molecule has 7 heteroatoms. The first-order valence-electron chi connectivity index (χ1n) is 28.4. The zero-order valence-electron chi connectivity index (χ0n) is 45.5. The molecule has 0 radical (unpaired) electrons. The zero-order valence-corrected chi connectivity index (χ0v) is 45.5. The molecule has 0 atom stereocenters. The number of furan rings is 1. The number of hydrogen-bond acceptors (Lipinski definition) is 6. The molecule has 5 heterocycles. The monoisotopic (exact) mass is 1080 g/mol. The number of benzene rings is 11. The SMILES string of the molecule is c1ccc(-c2cc(-c3ccccc3)cc(-c3cccc(-c4cc(-c5ccccc5)cc(-c5ccccc5)c4)c3N3CN(c4cccc(Oc5ccc6c7ccccc7n(-c7ccccn7)c6c5)c4)c4cc5oc6ccccc6c5nc43)c2)cc1. The lowest BCUT2D eigenvalue weighted by Crippen LogP contribution is -2.25. The summed E-state index contributed by atoms with van der Waals surface area (Å²) < 4.78 is 15.8. The smallest absolute Gasteiger partial charge is 0.159 e. The lowest BCUT2D eigenvalue weighted by Gasteiger charge is -2.27. The molecule has 15 aromatic rings. The van der Waals surface area contributed by atoms with Crippen LogP contribution in [-0.4, -0.2) is 21.2 Å². The Morgan fingerprint density at radius 2 is 0.881 bits per heavy atom. The second kappa shape index (κ2) is 20.4. The Balaban J connectivity index is 0.904. The minimum Gasteiger partial charge on any atom is -0.457 e. The number of hydrogen-bond donors (Lipinski definition) is 0. The van der Waals surface area contributed by atoms with Crippen molar-refractivity contribution in [2.45, 2.75) is 0 Å². The highest BCUT2D eigenvalue weighted by Gasteiger charge is 2.35. The third kappa shape index (κ3) is 8.62. The van der Waals surface area contributed by atoms with Gasteiger partial charge in [0, 0.05) is 57.4 Å². The minimum atomic E-state index is 0.421. The number of anilines is 4. The number of pyridine rings is 2. The molecule has 0 amide bonds. The maximum atomic E-state index is 6.92. The molecule has 84 heavy (non-hydrogen) atoms. The Bertz CT molecular complexity index is 4700. The first-order valence-corrected chi connectivity index (χ1v) is 28.4. The van der Waals surface area contributed by atoms with E-state index in [2.05, 4.69) is 269 Å². The van der Waals surface area contributed by atoms with Gasteiger partial charge in [-0.3, -0.25) is 4.57 Å². The fraction of sp³-hybridized carbons (Fsp3) is 0.0130. The molecular formula is C77H51N5O2. The van der Waals surface area contributed by atoms with E-state index >= 15 is 0 Å². The summed E-state index contributed by atoms with van der Waals surface area (Å²) in [5, 5.41) is 3.24. The van der Waals surface area contributed by atoms with E-state index in [1.807, 2.05) is 42.6 Å². The molecule has 0 bridgehead atoms. The average molecular weight is 1080 g/mol. The fourth-order valence-electron chi connectivity index (χ4n) is 12.3. The lowest BCUT2D eigenvalue weighted by atomic mass is 9.88. The van der Waals surface area contributed by atoms with Crippen LogP contribution < -0.4 is 14.5 Å². The van der Waals surface area contributed by atoms with E-state index in [0.29, 0.717) is 23.8 Å². The highest BCUT2D eigenvalue weighted by atomic mass is 16.5. The van der Waals surface area contributed by atoms with Crippen LogP contribution in [0.5, 0.6) is 11.5 Å². The third-order valence-corrected chi connectivity index (χ3v) is 16.3. The first-order chi connectivity index (χ1) is 41.6. The molecule has 0 saturated heterocycles. The number of ether oxygens (including phenoxy) is 1. The summed E-state index contributed by atoms with van der Waals surface area (Å²) in [6.07, 6.45) is 1.84. The summed E-state index contributed by atoms with van der Waals surface area (Å²) in [4.78, 5) is 15.3. The highest BCUT2D eigenvalue weighted by molar-refractivity contribution is 6.10. The molecule has 7 nitrogen and oxygen atoms in total. The van der Waals surface area contributed by atoms with Gasteiger partial charge in [-0.2, -0.15) is 0 Å². The quantitative estimate of drug-likeness (QED) is 0.129. The van der Waals surface area contributed by atoms with Gasteiger partial charge in [0.05, 0.1) is 22.4 Å². The van der Waals surface area contributed by atoms with E-state index in [1.54, 1.807) is 0 Å². The first kappa shape index (κ1) is 48.6. The van der Waals surface area contributed by atoms with Crippen LogP contribution in [0.1, 0.15) is 0 Å². The molecule has 11 aromatic carbocycles. The average Bonchev–Trinajstić information content (AvgIpc) is 3.08. The van der Waals surface area contributed by atoms with Crippen molar-refractivity contribution in [2.24, 2.45) is 0 Å². The molecule has 0 unspecified atom stereocenters. The van der Waals surface area contributed by atoms with Crippen LogP contribution >= 0.6 is 0 Å². The predicted octanol–water partition coefficient (Wildman–Crippen LogP) is 20.5. The van der Waals surface area contributed by atoms with E-state index in [-0.39, 0.29) is 0 Å². The standard InChI is InChI=1S/C77H51N5O2/c1-5-21-51(22-6-1)55-41-56(52-23-7-2-8-24-52)44-59(43-55)64-33-20-34-65(60-45-57(53-25-9-3-10-26-53)42-58(46-60)54-27-11-4-12-28-54)76(64)81-50-80(71-49-73-75(79-77(71)81)68-32-14-16-36-72(68)84-73)61-29-19-30-62(47-61)83-63-38-39-67-66-31-13-15-35-69(66)82(70(67)48-63)74-37-17-18-40-78-74/h1-49H,50H2. The third-order valence-electron chi connectivity index (χ3n) is 16.3. The Morgan fingerprint density at radius 3 is 1.49 bits per heavy atom. The summed E-state index contributed by atoms with van der Waals surface area (Å²) in [6.45, 7) is 0.421. The van der Waals surface area contributed by atoms with Crippen LogP contribution in [0.2, 0.25) is 0 Å². The molecule has 396 valence electrons. The molecule has 16 rings (SSSR count). The van der Waals surface area contributed by atoms with Gasteiger partial charge in [-0.1, -0.05) is 182 Å². The summed E-state index contributed by atoms with van der Waals surface area (Å²) >= 11 is 0. The van der Waals surface area contributed by atoms with Crippen LogP contribution in [-0.2, 0) is 0 Å². The number of fused-ring (bicyclic) bond motifs is 7. The van der Waals surface area contributed by atoms with Gasteiger partial charge in [-0.05, 0) is 147 Å². The predicted molar refractivity (Wildman–Crippen MR) is 345 cm³/mol. The van der Waals surface area contributed by atoms with Crippen LogP contribution in [0, 0.1) is 0 Å². The molecule has 0 fully saturated rings. The van der Waals surface area contributed by atoms with Gasteiger partial charge in [-0.25, -0.2) is 9.97 Å². The number of nitrogens with zero attached hydrogens (tertiary/aromatic N) is 5. The Labute approximate surface area is 485 Å². The minimum absolute atomic E-state index is 0.421. The summed E-state index contributed by atoms with van der Waals surface area (Å²) in [7, 11) is 0. The van der Waals surface area contributed by atoms with Crippen molar-refractivity contribution >= 4 is 66.8 Å². The van der Waals surface area contributed by atoms with Crippen LogP contribution in [0.15, 0.2) is 302 Å². The maximum absolute atomic E-state index is 6.92. The summed E-state index contributed by atoms with van der Waals surface area (Å²) in [5.41, 5.74) is 20.7. The van der Waals surface area contributed by atoms with Crippen molar-refractivity contribution in [1.82, 2.24) is 14.5 Å². The Kier molecular flexibility index (Phi) is 11.8. The molecule has 0 saturated carbocycles. The molecule has 1 aliphatic rings. The Hall–Kier alpha value is -11.3. The van der Waals surface area contributed by atoms with Crippen LogP contribution in [0.3, 0.4) is 0 Å². The fourth-order valence-corrected chi connectivity index (χ4v) is 12.3. The zero-order chi connectivity index (χ0) is 55.5. The maximum Gasteiger partial charge on any atom is 0.159 e. The van der Waals surface area contributed by atoms with Crippen molar-refractivity contribution < 1.29 is 9.15 Å². The Morgan fingerprint density at radius 1 is 0.357 bits per heavy atom. The second-order valence-corrected chi connectivity index (χ2v) is 21.4. The van der Waals surface area contributed by atoms with Gasteiger partial charge >= 0.3 is 0 Å². The van der Waals surface area contributed by atoms with Crippen LogP contribution in [0.25, 0.3) is 116 Å². The van der Waals surface area contributed by atoms with Gasteiger partial charge in [0.25, 0.3) is 0 Å². The molecule has 0 N–H and O–H groups in total. The summed E-state index contributed by atoms with van der Waals surface area (Å²) in [6, 6.07) is 103. The van der Waals surface area contributed by atoms with E-state index in [4.69, 9.17) is 19.1 Å².